The zero-order chi connectivity index (χ0) is 13.8. The van der Waals surface area contributed by atoms with Crippen molar-refractivity contribution in [3.05, 3.63) is 35.9 Å². The third kappa shape index (κ3) is 2.32. The molecule has 0 fully saturated rings. The Balaban J connectivity index is 3.16. The van der Waals surface area contributed by atoms with Crippen LogP contribution in [0.25, 0.3) is 0 Å². The lowest BCUT2D eigenvalue weighted by Crippen LogP contribution is -2.53. The van der Waals surface area contributed by atoms with E-state index in [9.17, 15) is 4.79 Å². The Kier molecular flexibility index (Phi) is 4.62. The van der Waals surface area contributed by atoms with Crippen LogP contribution in [-0.2, 0) is 14.2 Å². The molecule has 0 heterocycles. The number of carbonyl (C=O) groups excluding carboxylic acids is 1. The smallest absolute Gasteiger partial charge is 0.295 e. The molecule has 0 atom stereocenters. The summed E-state index contributed by atoms with van der Waals surface area (Å²) in [5.41, 5.74) is -0.384. The lowest BCUT2D eigenvalue weighted by Gasteiger charge is -2.41. The summed E-state index contributed by atoms with van der Waals surface area (Å²) in [6.45, 7) is 3.47. The van der Waals surface area contributed by atoms with Crippen molar-refractivity contribution < 1.29 is 19.0 Å². The fourth-order valence-electron chi connectivity index (χ4n) is 2.10. The molecule has 100 valence electrons. The Hall–Kier alpha value is -1.23. The molecule has 4 nitrogen and oxygen atoms in total. The average molecular weight is 252 g/mol. The van der Waals surface area contributed by atoms with Crippen LogP contribution in [0.5, 0.6) is 0 Å². The normalized spacial score (nSPS) is 12.5. The minimum Gasteiger partial charge on any atom is -0.330 e. The van der Waals surface area contributed by atoms with E-state index in [4.69, 9.17) is 14.2 Å². The van der Waals surface area contributed by atoms with Crippen LogP contribution in [0.3, 0.4) is 0 Å². The van der Waals surface area contributed by atoms with Gasteiger partial charge in [0.25, 0.3) is 5.97 Å². The molecule has 0 radical (unpaired) electrons. The summed E-state index contributed by atoms with van der Waals surface area (Å²) in [6, 6.07) is 9.01. The van der Waals surface area contributed by atoms with Gasteiger partial charge in [-0.05, 0) is 13.8 Å². The number of carbonyl (C=O) groups is 1. The molecule has 0 aliphatic rings. The number of ether oxygens (including phenoxy) is 3. The highest BCUT2D eigenvalue weighted by atomic mass is 16.9. The Bertz CT molecular complexity index is 385. The molecular formula is C14H20O4. The summed E-state index contributed by atoms with van der Waals surface area (Å²) in [4.78, 5) is 12.5. The number of ketones is 1. The Morgan fingerprint density at radius 1 is 0.944 bits per heavy atom. The summed E-state index contributed by atoms with van der Waals surface area (Å²) in [6.07, 6.45) is 0. The first-order valence-corrected chi connectivity index (χ1v) is 5.70. The zero-order valence-electron chi connectivity index (χ0n) is 11.5. The second kappa shape index (κ2) is 5.61. The Morgan fingerprint density at radius 2 is 1.39 bits per heavy atom. The lowest BCUT2D eigenvalue weighted by molar-refractivity contribution is -0.388. The number of hydrogen-bond donors (Lipinski definition) is 0. The highest BCUT2D eigenvalue weighted by Crippen LogP contribution is 2.38. The first-order valence-electron chi connectivity index (χ1n) is 5.70. The number of rotatable bonds is 6. The van der Waals surface area contributed by atoms with Gasteiger partial charge in [-0.1, -0.05) is 30.3 Å². The first-order chi connectivity index (χ1) is 8.45. The van der Waals surface area contributed by atoms with E-state index in [2.05, 4.69) is 0 Å². The van der Waals surface area contributed by atoms with Gasteiger partial charge in [0.15, 0.2) is 5.78 Å². The molecule has 0 unspecified atom stereocenters. The molecule has 18 heavy (non-hydrogen) atoms. The number of hydrogen-bond acceptors (Lipinski definition) is 4. The molecule has 0 aliphatic heterocycles. The molecule has 1 aromatic carbocycles. The van der Waals surface area contributed by atoms with E-state index in [0.29, 0.717) is 5.56 Å². The van der Waals surface area contributed by atoms with Crippen molar-refractivity contribution in [2.75, 3.05) is 21.3 Å². The summed E-state index contributed by atoms with van der Waals surface area (Å²) >= 11 is 0. The maximum atomic E-state index is 12.5. The quantitative estimate of drug-likeness (QED) is 0.576. The van der Waals surface area contributed by atoms with Crippen LogP contribution in [0.2, 0.25) is 0 Å². The Labute approximate surface area is 108 Å². The van der Waals surface area contributed by atoms with Crippen LogP contribution in [0.4, 0.5) is 0 Å². The minimum absolute atomic E-state index is 0.103. The summed E-state index contributed by atoms with van der Waals surface area (Å²) < 4.78 is 15.8. The maximum Gasteiger partial charge on any atom is 0.295 e. The van der Waals surface area contributed by atoms with Crippen molar-refractivity contribution in [1.82, 2.24) is 0 Å². The largest absolute Gasteiger partial charge is 0.330 e. The third-order valence-electron chi connectivity index (χ3n) is 3.18. The van der Waals surface area contributed by atoms with E-state index in [1.165, 1.54) is 21.3 Å². The van der Waals surface area contributed by atoms with Gasteiger partial charge >= 0.3 is 0 Å². The van der Waals surface area contributed by atoms with Crippen LogP contribution in [0, 0.1) is 5.41 Å². The molecule has 0 bridgehead atoms. The predicted octanol–water partition coefficient (Wildman–Crippen LogP) is 2.49. The Morgan fingerprint density at radius 3 is 1.78 bits per heavy atom. The summed E-state index contributed by atoms with van der Waals surface area (Å²) in [5, 5.41) is 0. The standard InChI is InChI=1S/C14H20O4/c1-13(2,14(16-3,17-4)18-5)12(15)11-9-7-6-8-10-11/h6-10H,1-5H3. The maximum absolute atomic E-state index is 12.5. The molecule has 0 N–H and O–H groups in total. The predicted molar refractivity (Wildman–Crippen MR) is 68.3 cm³/mol. The molecule has 0 amide bonds. The topological polar surface area (TPSA) is 44.8 Å². The van der Waals surface area contributed by atoms with E-state index >= 15 is 0 Å². The molecule has 0 aromatic heterocycles. The van der Waals surface area contributed by atoms with E-state index in [1.807, 2.05) is 18.2 Å². The van der Waals surface area contributed by atoms with Crippen LogP contribution >= 0.6 is 0 Å². The lowest BCUT2D eigenvalue weighted by atomic mass is 9.81. The van der Waals surface area contributed by atoms with Gasteiger partial charge in [0.2, 0.25) is 0 Å². The molecule has 0 saturated carbocycles. The fraction of sp³-hybridized carbons (Fsp3) is 0.500. The van der Waals surface area contributed by atoms with E-state index in [-0.39, 0.29) is 5.78 Å². The number of methoxy groups -OCH3 is 3. The van der Waals surface area contributed by atoms with Crippen molar-refractivity contribution >= 4 is 5.78 Å². The molecule has 0 saturated heterocycles. The van der Waals surface area contributed by atoms with Crippen molar-refractivity contribution in [3.8, 4) is 0 Å². The second-order valence-electron chi connectivity index (χ2n) is 4.49. The van der Waals surface area contributed by atoms with Crippen LogP contribution in [-0.4, -0.2) is 33.1 Å². The van der Waals surface area contributed by atoms with Gasteiger partial charge in [0.1, 0.15) is 5.41 Å². The monoisotopic (exact) mass is 252 g/mol. The van der Waals surface area contributed by atoms with Crippen LogP contribution in [0.1, 0.15) is 24.2 Å². The van der Waals surface area contributed by atoms with Crippen molar-refractivity contribution in [2.45, 2.75) is 19.8 Å². The van der Waals surface area contributed by atoms with Gasteiger partial charge < -0.3 is 14.2 Å². The van der Waals surface area contributed by atoms with Gasteiger partial charge in [-0.2, -0.15) is 0 Å². The summed E-state index contributed by atoms with van der Waals surface area (Å²) in [5.74, 6) is -1.51. The highest BCUT2D eigenvalue weighted by Gasteiger charge is 2.52. The summed E-state index contributed by atoms with van der Waals surface area (Å²) in [7, 11) is 4.35. The fourth-order valence-corrected chi connectivity index (χ4v) is 2.10. The molecule has 1 aromatic rings. The van der Waals surface area contributed by atoms with E-state index in [0.717, 1.165) is 0 Å². The van der Waals surface area contributed by atoms with Gasteiger partial charge in [-0.3, -0.25) is 4.79 Å². The van der Waals surface area contributed by atoms with Gasteiger partial charge in [0.05, 0.1) is 0 Å². The number of benzene rings is 1. The van der Waals surface area contributed by atoms with Gasteiger partial charge in [0, 0.05) is 26.9 Å². The molecule has 0 spiro atoms. The second-order valence-corrected chi connectivity index (χ2v) is 4.49. The molecular weight excluding hydrogens is 232 g/mol. The van der Waals surface area contributed by atoms with Crippen molar-refractivity contribution in [1.29, 1.82) is 0 Å². The third-order valence-corrected chi connectivity index (χ3v) is 3.18. The number of Topliss-reactive ketones (excluding diaryl/α,β-unsaturated/α-hetero) is 1. The van der Waals surface area contributed by atoms with Crippen molar-refractivity contribution in [3.63, 3.8) is 0 Å². The molecule has 0 aliphatic carbocycles. The molecule has 4 heteroatoms. The zero-order valence-corrected chi connectivity index (χ0v) is 11.5. The van der Waals surface area contributed by atoms with Gasteiger partial charge in [-0.25, -0.2) is 0 Å². The first kappa shape index (κ1) is 14.8. The van der Waals surface area contributed by atoms with E-state index in [1.54, 1.807) is 26.0 Å². The SMILES string of the molecule is COC(OC)(OC)C(C)(C)C(=O)c1ccccc1. The minimum atomic E-state index is -1.40. The average Bonchev–Trinajstić information content (AvgIpc) is 2.41. The van der Waals surface area contributed by atoms with Crippen molar-refractivity contribution in [2.24, 2.45) is 5.41 Å². The van der Waals surface area contributed by atoms with Crippen LogP contribution < -0.4 is 0 Å². The highest BCUT2D eigenvalue weighted by molar-refractivity contribution is 6.00. The van der Waals surface area contributed by atoms with Gasteiger partial charge in [-0.15, -0.1) is 0 Å². The molecule has 1 rings (SSSR count). The van der Waals surface area contributed by atoms with Crippen LogP contribution in [0.15, 0.2) is 30.3 Å². The van der Waals surface area contributed by atoms with E-state index < -0.39 is 11.4 Å².